The van der Waals surface area contributed by atoms with E-state index in [2.05, 4.69) is 10.4 Å². The van der Waals surface area contributed by atoms with E-state index in [1.807, 2.05) is 18.7 Å². The molecule has 7 heteroatoms. The van der Waals surface area contributed by atoms with Gasteiger partial charge >= 0.3 is 5.69 Å². The zero-order valence-electron chi connectivity index (χ0n) is 11.4. The lowest BCUT2D eigenvalue weighted by Gasteiger charge is -2.21. The van der Waals surface area contributed by atoms with E-state index in [0.717, 1.165) is 6.54 Å². The van der Waals surface area contributed by atoms with E-state index in [9.17, 15) is 10.1 Å². The summed E-state index contributed by atoms with van der Waals surface area (Å²) in [5.41, 5.74) is 0.685. The number of aryl methyl sites for hydroxylation is 2. The average Bonchev–Trinajstić information content (AvgIpc) is 2.74. The smallest absolute Gasteiger partial charge is 0.333 e. The van der Waals surface area contributed by atoms with Gasteiger partial charge in [-0.05, 0) is 36.7 Å². The number of thioether (sulfide) groups is 1. The Morgan fingerprint density at radius 3 is 2.79 bits per heavy atom. The van der Waals surface area contributed by atoms with Crippen molar-refractivity contribution >= 4 is 23.3 Å². The van der Waals surface area contributed by atoms with Gasteiger partial charge in [-0.3, -0.25) is 10.1 Å². The number of hydrogen-bond donors (Lipinski definition) is 1. The van der Waals surface area contributed by atoms with Crippen molar-refractivity contribution < 1.29 is 4.92 Å². The fourth-order valence-electron chi connectivity index (χ4n) is 2.39. The number of aromatic nitrogens is 2. The Balaban J connectivity index is 2.10. The molecular formula is C12H20N4O2S. The summed E-state index contributed by atoms with van der Waals surface area (Å²) in [5.74, 6) is 3.54. The zero-order valence-corrected chi connectivity index (χ0v) is 12.2. The Hall–Kier alpha value is -1.24. The van der Waals surface area contributed by atoms with Gasteiger partial charge in [0, 0.05) is 13.6 Å². The van der Waals surface area contributed by atoms with Crippen LogP contribution in [0.1, 0.15) is 25.5 Å². The number of nitrogens with one attached hydrogen (secondary N) is 1. The van der Waals surface area contributed by atoms with Crippen molar-refractivity contribution in [1.29, 1.82) is 0 Å². The summed E-state index contributed by atoms with van der Waals surface area (Å²) in [6, 6.07) is 0. The normalized spacial score (nSPS) is 16.5. The van der Waals surface area contributed by atoms with Gasteiger partial charge in [-0.2, -0.15) is 16.9 Å². The van der Waals surface area contributed by atoms with E-state index < -0.39 is 0 Å². The molecule has 6 nitrogen and oxygen atoms in total. The van der Waals surface area contributed by atoms with Crippen molar-refractivity contribution in [1.82, 2.24) is 9.78 Å². The van der Waals surface area contributed by atoms with Gasteiger partial charge in [0.05, 0.1) is 4.92 Å². The van der Waals surface area contributed by atoms with E-state index >= 15 is 0 Å². The van der Waals surface area contributed by atoms with Crippen molar-refractivity contribution in [3.05, 3.63) is 15.8 Å². The number of hydrogen-bond acceptors (Lipinski definition) is 5. The quantitative estimate of drug-likeness (QED) is 0.664. The molecule has 0 aliphatic carbocycles. The van der Waals surface area contributed by atoms with E-state index in [1.165, 1.54) is 24.3 Å². The molecule has 1 fully saturated rings. The van der Waals surface area contributed by atoms with E-state index in [4.69, 9.17) is 0 Å². The molecule has 0 amide bonds. The van der Waals surface area contributed by atoms with Crippen molar-refractivity contribution in [2.75, 3.05) is 23.4 Å². The topological polar surface area (TPSA) is 73.0 Å². The maximum absolute atomic E-state index is 11.2. The molecule has 0 bridgehead atoms. The lowest BCUT2D eigenvalue weighted by Crippen LogP contribution is -2.20. The van der Waals surface area contributed by atoms with Crippen LogP contribution < -0.4 is 5.32 Å². The lowest BCUT2D eigenvalue weighted by atomic mass is 10.0. The Morgan fingerprint density at radius 1 is 1.53 bits per heavy atom. The SMILES string of the molecule is CCc1nn(C)c(NCC2CCSCC2)c1[N+](=O)[O-]. The molecule has 0 unspecified atom stereocenters. The molecule has 1 aliphatic rings. The largest absolute Gasteiger partial charge is 0.364 e. The molecule has 0 radical (unpaired) electrons. The second-order valence-corrected chi connectivity index (χ2v) is 6.04. The van der Waals surface area contributed by atoms with Crippen molar-refractivity contribution in [3.63, 3.8) is 0 Å². The van der Waals surface area contributed by atoms with Crippen LogP contribution in [0.5, 0.6) is 0 Å². The van der Waals surface area contributed by atoms with Crippen LogP contribution in [0.4, 0.5) is 11.5 Å². The lowest BCUT2D eigenvalue weighted by molar-refractivity contribution is -0.384. The standard InChI is InChI=1S/C12H20N4O2S/c1-3-10-11(16(17)18)12(15(2)14-10)13-8-9-4-6-19-7-5-9/h9,13H,3-8H2,1-2H3. The number of rotatable bonds is 5. The molecule has 1 N–H and O–H groups in total. The van der Waals surface area contributed by atoms with Gasteiger partial charge in [0.2, 0.25) is 5.82 Å². The van der Waals surface area contributed by atoms with Crippen molar-refractivity contribution in [2.24, 2.45) is 13.0 Å². The molecule has 1 aromatic rings. The molecule has 2 rings (SSSR count). The highest BCUT2D eigenvalue weighted by molar-refractivity contribution is 7.99. The van der Waals surface area contributed by atoms with Gasteiger partial charge < -0.3 is 5.32 Å². The van der Waals surface area contributed by atoms with Gasteiger partial charge in [0.1, 0.15) is 5.69 Å². The van der Waals surface area contributed by atoms with Crippen LogP contribution in [0.2, 0.25) is 0 Å². The number of nitrogens with zero attached hydrogens (tertiary/aromatic N) is 3. The van der Waals surface area contributed by atoms with Gasteiger partial charge in [-0.1, -0.05) is 6.92 Å². The summed E-state index contributed by atoms with van der Waals surface area (Å²) < 4.78 is 1.59. The molecule has 0 saturated carbocycles. The minimum Gasteiger partial charge on any atom is -0.364 e. The minimum absolute atomic E-state index is 0.134. The Bertz CT molecular complexity index is 455. The Labute approximate surface area is 117 Å². The zero-order chi connectivity index (χ0) is 13.8. The van der Waals surface area contributed by atoms with E-state index in [1.54, 1.807) is 11.7 Å². The summed E-state index contributed by atoms with van der Waals surface area (Å²) in [6.45, 7) is 2.68. The van der Waals surface area contributed by atoms with Crippen LogP contribution in [0.15, 0.2) is 0 Å². The summed E-state index contributed by atoms with van der Waals surface area (Å²) >= 11 is 1.99. The molecule has 1 saturated heterocycles. The van der Waals surface area contributed by atoms with E-state index in [-0.39, 0.29) is 10.6 Å². The van der Waals surface area contributed by atoms with Crippen LogP contribution in [-0.2, 0) is 13.5 Å². The summed E-state index contributed by atoms with van der Waals surface area (Å²) in [4.78, 5) is 10.8. The van der Waals surface area contributed by atoms with Crippen molar-refractivity contribution in [3.8, 4) is 0 Å². The molecule has 0 spiro atoms. The van der Waals surface area contributed by atoms with Gasteiger partial charge in [-0.15, -0.1) is 0 Å². The van der Waals surface area contributed by atoms with Gasteiger partial charge in [-0.25, -0.2) is 4.68 Å². The maximum atomic E-state index is 11.2. The third kappa shape index (κ3) is 3.20. The fraction of sp³-hybridized carbons (Fsp3) is 0.750. The van der Waals surface area contributed by atoms with E-state index in [0.29, 0.717) is 23.9 Å². The third-order valence-electron chi connectivity index (χ3n) is 3.51. The number of anilines is 1. The summed E-state index contributed by atoms with van der Waals surface area (Å²) in [7, 11) is 1.76. The third-order valence-corrected chi connectivity index (χ3v) is 4.56. The highest BCUT2D eigenvalue weighted by atomic mass is 32.2. The molecule has 0 atom stereocenters. The second-order valence-electron chi connectivity index (χ2n) is 4.81. The predicted octanol–water partition coefficient (Wildman–Crippen LogP) is 2.45. The van der Waals surface area contributed by atoms with Gasteiger partial charge in [0.25, 0.3) is 0 Å². The molecule has 2 heterocycles. The summed E-state index contributed by atoms with van der Waals surface area (Å²) in [5, 5.41) is 18.6. The Kier molecular flexibility index (Phi) is 4.68. The number of nitro groups is 1. The summed E-state index contributed by atoms with van der Waals surface area (Å²) in [6.07, 6.45) is 2.94. The predicted molar refractivity (Wildman–Crippen MR) is 77.8 cm³/mol. The van der Waals surface area contributed by atoms with Crippen LogP contribution >= 0.6 is 11.8 Å². The van der Waals surface area contributed by atoms with Gasteiger partial charge in [0.15, 0.2) is 0 Å². The first-order valence-electron chi connectivity index (χ1n) is 6.65. The van der Waals surface area contributed by atoms with Crippen LogP contribution in [-0.4, -0.2) is 32.8 Å². The van der Waals surface area contributed by atoms with Crippen LogP contribution in [0, 0.1) is 16.0 Å². The first kappa shape index (κ1) is 14.2. The maximum Gasteiger partial charge on any atom is 0.333 e. The minimum atomic E-state index is -0.328. The molecule has 1 aliphatic heterocycles. The van der Waals surface area contributed by atoms with Crippen molar-refractivity contribution in [2.45, 2.75) is 26.2 Å². The monoisotopic (exact) mass is 284 g/mol. The molecular weight excluding hydrogens is 264 g/mol. The highest BCUT2D eigenvalue weighted by Crippen LogP contribution is 2.29. The highest BCUT2D eigenvalue weighted by Gasteiger charge is 2.26. The fourth-order valence-corrected chi connectivity index (χ4v) is 3.59. The first-order valence-corrected chi connectivity index (χ1v) is 7.80. The second kappa shape index (κ2) is 6.27. The molecule has 19 heavy (non-hydrogen) atoms. The first-order chi connectivity index (χ1) is 9.13. The molecule has 0 aromatic carbocycles. The van der Waals surface area contributed by atoms with Crippen LogP contribution in [0.3, 0.4) is 0 Å². The Morgan fingerprint density at radius 2 is 2.21 bits per heavy atom. The average molecular weight is 284 g/mol. The molecule has 106 valence electrons. The molecule has 1 aromatic heterocycles. The van der Waals surface area contributed by atoms with Crippen LogP contribution in [0.25, 0.3) is 0 Å².